The lowest BCUT2D eigenvalue weighted by molar-refractivity contribution is -0.703. The summed E-state index contributed by atoms with van der Waals surface area (Å²) in [5.41, 5.74) is 4.16. The van der Waals surface area contributed by atoms with Gasteiger partial charge in [-0.1, -0.05) is 13.3 Å². The van der Waals surface area contributed by atoms with Crippen molar-refractivity contribution in [2.45, 2.75) is 47.1 Å². The van der Waals surface area contributed by atoms with Crippen molar-refractivity contribution in [1.82, 2.24) is 0 Å². The molecule has 1 aromatic heterocycles. The minimum absolute atomic E-state index is 1.16. The molecular formula is C12H20N+. The number of rotatable bonds is 3. The maximum atomic E-state index is 2.37. The molecule has 0 radical (unpaired) electrons. The molecule has 1 rings (SSSR count). The van der Waals surface area contributed by atoms with E-state index in [1.54, 1.807) is 0 Å². The standard InChI is InChI=1S/C12H20N/c1-5-6-7-13-9-10(2)8-11(3)12(13)4/h8-9H,5-7H2,1-4H3/q+1. The molecule has 0 aliphatic carbocycles. The second-order valence-corrected chi connectivity index (χ2v) is 3.83. The molecule has 0 bridgehead atoms. The van der Waals surface area contributed by atoms with Crippen LogP contribution in [0.4, 0.5) is 0 Å². The molecule has 1 heteroatoms. The van der Waals surface area contributed by atoms with Gasteiger partial charge >= 0.3 is 0 Å². The molecule has 1 nitrogen and oxygen atoms in total. The van der Waals surface area contributed by atoms with Crippen molar-refractivity contribution in [3.8, 4) is 0 Å². The number of unbranched alkanes of at least 4 members (excludes halogenated alkanes) is 1. The first-order chi connectivity index (χ1) is 6.15. The van der Waals surface area contributed by atoms with Gasteiger partial charge in [0.05, 0.1) is 0 Å². The van der Waals surface area contributed by atoms with E-state index in [9.17, 15) is 0 Å². The van der Waals surface area contributed by atoms with Gasteiger partial charge in [-0.3, -0.25) is 0 Å². The lowest BCUT2D eigenvalue weighted by atomic mass is 10.1. The van der Waals surface area contributed by atoms with Crippen LogP contribution in [-0.2, 0) is 6.54 Å². The van der Waals surface area contributed by atoms with Gasteiger partial charge in [-0.25, -0.2) is 4.57 Å². The molecule has 13 heavy (non-hydrogen) atoms. The number of aryl methyl sites for hydroxylation is 3. The molecule has 0 N–H and O–H groups in total. The molecule has 0 aromatic carbocycles. The van der Waals surface area contributed by atoms with Crippen molar-refractivity contribution >= 4 is 0 Å². The molecule has 0 atom stereocenters. The van der Waals surface area contributed by atoms with Crippen LogP contribution in [0.3, 0.4) is 0 Å². The number of pyridine rings is 1. The normalized spacial score (nSPS) is 10.5. The molecule has 0 fully saturated rings. The van der Waals surface area contributed by atoms with E-state index in [0.717, 1.165) is 6.54 Å². The Morgan fingerprint density at radius 3 is 2.54 bits per heavy atom. The summed E-state index contributed by atoms with van der Waals surface area (Å²) >= 11 is 0. The average molecular weight is 178 g/mol. The Labute approximate surface area is 81.4 Å². The van der Waals surface area contributed by atoms with E-state index in [4.69, 9.17) is 0 Å². The summed E-state index contributed by atoms with van der Waals surface area (Å²) in [4.78, 5) is 0. The summed E-state index contributed by atoms with van der Waals surface area (Å²) in [6.45, 7) is 9.94. The number of hydrogen-bond acceptors (Lipinski definition) is 0. The third-order valence-electron chi connectivity index (χ3n) is 2.56. The molecule has 1 aromatic rings. The van der Waals surface area contributed by atoms with Crippen LogP contribution in [0.2, 0.25) is 0 Å². The van der Waals surface area contributed by atoms with Crippen LogP contribution in [0, 0.1) is 20.8 Å². The van der Waals surface area contributed by atoms with E-state index < -0.39 is 0 Å². The van der Waals surface area contributed by atoms with Crippen molar-refractivity contribution in [3.05, 3.63) is 29.1 Å². The molecule has 1 heterocycles. The highest BCUT2D eigenvalue weighted by atomic mass is 14.9. The molecular weight excluding hydrogens is 158 g/mol. The van der Waals surface area contributed by atoms with Crippen LogP contribution in [0.25, 0.3) is 0 Å². The first-order valence-corrected chi connectivity index (χ1v) is 5.12. The van der Waals surface area contributed by atoms with Gasteiger partial charge in [0.25, 0.3) is 0 Å². The molecule has 0 unspecified atom stereocenters. The van der Waals surface area contributed by atoms with E-state index in [1.807, 2.05) is 0 Å². The fraction of sp³-hybridized carbons (Fsp3) is 0.583. The van der Waals surface area contributed by atoms with Crippen LogP contribution >= 0.6 is 0 Å². The Hall–Kier alpha value is -0.850. The highest BCUT2D eigenvalue weighted by molar-refractivity contribution is 5.17. The quantitative estimate of drug-likeness (QED) is 0.627. The summed E-state index contributed by atoms with van der Waals surface area (Å²) in [6.07, 6.45) is 4.78. The van der Waals surface area contributed by atoms with Crippen LogP contribution in [0.1, 0.15) is 36.6 Å². The first kappa shape index (κ1) is 10.2. The molecule has 0 aliphatic heterocycles. The molecule has 0 amide bonds. The first-order valence-electron chi connectivity index (χ1n) is 5.12. The minimum atomic E-state index is 1.16. The summed E-state index contributed by atoms with van der Waals surface area (Å²) < 4.78 is 2.37. The van der Waals surface area contributed by atoms with Gasteiger partial charge in [0.1, 0.15) is 6.54 Å². The summed E-state index contributed by atoms with van der Waals surface area (Å²) in [6, 6.07) is 2.25. The number of hydrogen-bond donors (Lipinski definition) is 0. The Balaban J connectivity index is 2.92. The van der Waals surface area contributed by atoms with Crippen molar-refractivity contribution in [2.75, 3.05) is 0 Å². The predicted molar refractivity (Wildman–Crippen MR) is 55.8 cm³/mol. The van der Waals surface area contributed by atoms with E-state index in [2.05, 4.69) is 44.5 Å². The number of nitrogens with zero attached hydrogens (tertiary/aromatic N) is 1. The Bertz CT molecular complexity index is 289. The van der Waals surface area contributed by atoms with Gasteiger partial charge in [-0.15, -0.1) is 0 Å². The van der Waals surface area contributed by atoms with Crippen molar-refractivity contribution in [3.63, 3.8) is 0 Å². The molecule has 0 saturated carbocycles. The smallest absolute Gasteiger partial charge is 0.181 e. The van der Waals surface area contributed by atoms with Crippen LogP contribution in [0.15, 0.2) is 12.3 Å². The highest BCUT2D eigenvalue weighted by Crippen LogP contribution is 2.04. The van der Waals surface area contributed by atoms with Crippen LogP contribution in [-0.4, -0.2) is 0 Å². The second-order valence-electron chi connectivity index (χ2n) is 3.83. The van der Waals surface area contributed by atoms with Gasteiger partial charge < -0.3 is 0 Å². The zero-order valence-electron chi connectivity index (χ0n) is 9.22. The van der Waals surface area contributed by atoms with E-state index in [-0.39, 0.29) is 0 Å². The SMILES string of the molecule is CCCC[n+]1cc(C)cc(C)c1C. The zero-order valence-corrected chi connectivity index (χ0v) is 9.22. The molecule has 72 valence electrons. The van der Waals surface area contributed by atoms with Gasteiger partial charge in [0, 0.05) is 24.5 Å². The van der Waals surface area contributed by atoms with E-state index in [1.165, 1.54) is 29.7 Å². The Kier molecular flexibility index (Phi) is 3.47. The number of aromatic nitrogens is 1. The lowest BCUT2D eigenvalue weighted by Gasteiger charge is -2.03. The van der Waals surface area contributed by atoms with Gasteiger partial charge in [-0.05, 0) is 19.9 Å². The summed E-state index contributed by atoms with van der Waals surface area (Å²) in [7, 11) is 0. The lowest BCUT2D eigenvalue weighted by Crippen LogP contribution is -2.37. The third kappa shape index (κ3) is 2.55. The fourth-order valence-electron chi connectivity index (χ4n) is 1.61. The van der Waals surface area contributed by atoms with Gasteiger partial charge in [0.2, 0.25) is 0 Å². The zero-order chi connectivity index (χ0) is 9.84. The van der Waals surface area contributed by atoms with Crippen LogP contribution < -0.4 is 4.57 Å². The van der Waals surface area contributed by atoms with Gasteiger partial charge in [-0.2, -0.15) is 0 Å². The summed E-state index contributed by atoms with van der Waals surface area (Å²) in [5.74, 6) is 0. The molecule has 0 aliphatic rings. The van der Waals surface area contributed by atoms with Crippen molar-refractivity contribution < 1.29 is 4.57 Å². The minimum Gasteiger partial charge on any atom is -0.202 e. The highest BCUT2D eigenvalue weighted by Gasteiger charge is 2.08. The van der Waals surface area contributed by atoms with Crippen molar-refractivity contribution in [1.29, 1.82) is 0 Å². The second kappa shape index (κ2) is 4.40. The topological polar surface area (TPSA) is 3.88 Å². The van der Waals surface area contributed by atoms with Crippen LogP contribution in [0.5, 0.6) is 0 Å². The Morgan fingerprint density at radius 1 is 1.23 bits per heavy atom. The van der Waals surface area contributed by atoms with Gasteiger partial charge in [0.15, 0.2) is 11.9 Å². The maximum Gasteiger partial charge on any atom is 0.181 e. The van der Waals surface area contributed by atoms with Crippen molar-refractivity contribution in [2.24, 2.45) is 0 Å². The molecule has 0 saturated heterocycles. The third-order valence-corrected chi connectivity index (χ3v) is 2.56. The predicted octanol–water partition coefficient (Wildman–Crippen LogP) is 2.70. The molecule has 0 spiro atoms. The monoisotopic (exact) mass is 178 g/mol. The average Bonchev–Trinajstić information content (AvgIpc) is 2.09. The fourth-order valence-corrected chi connectivity index (χ4v) is 1.61. The van der Waals surface area contributed by atoms with E-state index >= 15 is 0 Å². The largest absolute Gasteiger partial charge is 0.202 e. The Morgan fingerprint density at radius 2 is 1.92 bits per heavy atom. The summed E-state index contributed by atoms with van der Waals surface area (Å²) in [5, 5.41) is 0. The maximum absolute atomic E-state index is 2.37. The van der Waals surface area contributed by atoms with E-state index in [0.29, 0.717) is 0 Å².